The molecule has 5 rings (SSSR count). The van der Waals surface area contributed by atoms with Crippen molar-refractivity contribution in [2.24, 2.45) is 7.05 Å². The predicted molar refractivity (Wildman–Crippen MR) is 127 cm³/mol. The van der Waals surface area contributed by atoms with Gasteiger partial charge in [-0.25, -0.2) is 13.9 Å². The Morgan fingerprint density at radius 1 is 1.23 bits per heavy atom. The number of nitrogens with one attached hydrogen (secondary N) is 1. The first kappa shape index (κ1) is 22.9. The average Bonchev–Trinajstić information content (AvgIpc) is 3.46. The third-order valence-corrected chi connectivity index (χ3v) is 5.76. The summed E-state index contributed by atoms with van der Waals surface area (Å²) in [6, 6.07) is 10.7. The Balaban J connectivity index is 1.33. The van der Waals surface area contributed by atoms with Gasteiger partial charge in [0.15, 0.2) is 11.5 Å². The van der Waals surface area contributed by atoms with Gasteiger partial charge in [-0.1, -0.05) is 12.1 Å². The van der Waals surface area contributed by atoms with Gasteiger partial charge in [0, 0.05) is 55.8 Å². The second kappa shape index (κ2) is 10.2. The van der Waals surface area contributed by atoms with Crippen molar-refractivity contribution < 1.29 is 18.7 Å². The van der Waals surface area contributed by atoms with Gasteiger partial charge in [-0.15, -0.1) is 5.10 Å². The summed E-state index contributed by atoms with van der Waals surface area (Å²) in [5.41, 5.74) is 3.31. The van der Waals surface area contributed by atoms with Gasteiger partial charge in [-0.3, -0.25) is 14.4 Å². The lowest BCUT2D eigenvalue weighted by Crippen LogP contribution is -2.36. The zero-order valence-corrected chi connectivity index (χ0v) is 19.4. The summed E-state index contributed by atoms with van der Waals surface area (Å²) < 4.78 is 26.4. The second-order valence-corrected chi connectivity index (χ2v) is 8.20. The minimum absolute atomic E-state index is 0.00404. The van der Waals surface area contributed by atoms with Crippen molar-refractivity contribution in [3.8, 4) is 17.1 Å². The Hall–Kier alpha value is -3.83. The van der Waals surface area contributed by atoms with Gasteiger partial charge in [0.25, 0.3) is 5.91 Å². The van der Waals surface area contributed by atoms with E-state index in [0.29, 0.717) is 48.4 Å². The molecule has 1 N–H and O–H groups in total. The third-order valence-electron chi connectivity index (χ3n) is 5.76. The van der Waals surface area contributed by atoms with Gasteiger partial charge in [0.05, 0.1) is 19.4 Å². The van der Waals surface area contributed by atoms with Gasteiger partial charge in [0.1, 0.15) is 24.7 Å². The number of morpholine rings is 1. The van der Waals surface area contributed by atoms with E-state index in [1.807, 2.05) is 12.1 Å². The Morgan fingerprint density at radius 2 is 2.09 bits per heavy atom. The molecule has 0 spiro atoms. The van der Waals surface area contributed by atoms with Crippen LogP contribution in [0.3, 0.4) is 0 Å². The summed E-state index contributed by atoms with van der Waals surface area (Å²) in [7, 11) is 1.76. The van der Waals surface area contributed by atoms with Crippen LogP contribution in [-0.2, 0) is 18.3 Å². The molecule has 0 bridgehead atoms. The van der Waals surface area contributed by atoms with E-state index in [2.05, 4.69) is 25.4 Å². The molecule has 11 heteroatoms. The number of benzene rings is 1. The number of carbonyl (C=O) groups excluding carboxylic acids is 1. The molecule has 35 heavy (non-hydrogen) atoms. The van der Waals surface area contributed by atoms with Crippen LogP contribution in [0, 0.1) is 0 Å². The number of amides is 1. The fourth-order valence-electron chi connectivity index (χ4n) is 4.04. The molecule has 4 heterocycles. The van der Waals surface area contributed by atoms with E-state index in [0.717, 1.165) is 24.2 Å². The number of nitrogens with zero attached hydrogens (tertiary/aromatic N) is 6. The highest BCUT2D eigenvalue weighted by atomic mass is 19.1. The highest BCUT2D eigenvalue weighted by Crippen LogP contribution is 2.23. The first-order valence-electron chi connectivity index (χ1n) is 11.4. The molecule has 3 aromatic heterocycles. The highest BCUT2D eigenvalue weighted by molar-refractivity contribution is 6.04. The first-order chi connectivity index (χ1) is 17.1. The number of anilines is 1. The zero-order chi connectivity index (χ0) is 24.2. The lowest BCUT2D eigenvalue weighted by atomic mass is 10.2. The largest absolute Gasteiger partial charge is 0.491 e. The van der Waals surface area contributed by atoms with Crippen LogP contribution in [0.1, 0.15) is 16.1 Å². The van der Waals surface area contributed by atoms with Gasteiger partial charge in [-0.2, -0.15) is 5.10 Å². The topological polar surface area (TPSA) is 98.8 Å². The number of aromatic nitrogens is 5. The summed E-state index contributed by atoms with van der Waals surface area (Å²) in [5, 5.41) is 11.8. The van der Waals surface area contributed by atoms with Crippen molar-refractivity contribution in [3.05, 3.63) is 60.0 Å². The number of hydrogen-bond acceptors (Lipinski definition) is 7. The number of halogens is 1. The Labute approximate surface area is 201 Å². The number of rotatable bonds is 8. The van der Waals surface area contributed by atoms with Crippen LogP contribution in [0.4, 0.5) is 10.1 Å². The first-order valence-corrected chi connectivity index (χ1v) is 11.4. The summed E-state index contributed by atoms with van der Waals surface area (Å²) in [6.07, 6.45) is 3.48. The second-order valence-electron chi connectivity index (χ2n) is 8.20. The molecule has 10 nitrogen and oxygen atoms in total. The van der Waals surface area contributed by atoms with Crippen LogP contribution in [0.15, 0.2) is 48.8 Å². The summed E-state index contributed by atoms with van der Waals surface area (Å²) in [6.45, 7) is 3.11. The van der Waals surface area contributed by atoms with Gasteiger partial charge in [0.2, 0.25) is 0 Å². The summed E-state index contributed by atoms with van der Waals surface area (Å²) in [5.74, 6) is 0.810. The molecule has 1 saturated heterocycles. The lowest BCUT2D eigenvalue weighted by molar-refractivity contribution is 0.0341. The number of aryl methyl sites for hydroxylation is 1. The van der Waals surface area contributed by atoms with Crippen LogP contribution in [0.25, 0.3) is 17.0 Å². The molecule has 0 atom stereocenters. The minimum atomic E-state index is -0.557. The Morgan fingerprint density at radius 3 is 2.91 bits per heavy atom. The van der Waals surface area contributed by atoms with Crippen molar-refractivity contribution in [1.29, 1.82) is 0 Å². The molecule has 1 fully saturated rings. The molecule has 1 aliphatic heterocycles. The molecule has 182 valence electrons. The van der Waals surface area contributed by atoms with E-state index in [-0.39, 0.29) is 12.5 Å². The summed E-state index contributed by atoms with van der Waals surface area (Å²) >= 11 is 0. The number of ether oxygens (including phenoxy) is 2. The maximum Gasteiger partial charge on any atom is 0.274 e. The van der Waals surface area contributed by atoms with Crippen LogP contribution >= 0.6 is 0 Å². The molecule has 1 aromatic carbocycles. The van der Waals surface area contributed by atoms with E-state index in [1.54, 1.807) is 52.9 Å². The molecule has 0 aliphatic carbocycles. The summed E-state index contributed by atoms with van der Waals surface area (Å²) in [4.78, 5) is 20.0. The number of pyridine rings is 1. The number of carbonyl (C=O) groups is 1. The quantitative estimate of drug-likeness (QED) is 0.415. The van der Waals surface area contributed by atoms with E-state index in [9.17, 15) is 9.18 Å². The SMILES string of the molecule is Cn1ncc(CN2CCOCC2)c1C(=O)Nc1ccn2nc(-c3cccc(OCCF)c3)nc2c1. The van der Waals surface area contributed by atoms with E-state index in [4.69, 9.17) is 9.47 Å². The van der Waals surface area contributed by atoms with Crippen LogP contribution in [-0.4, -0.2) is 74.8 Å². The van der Waals surface area contributed by atoms with Crippen molar-refractivity contribution >= 4 is 17.2 Å². The van der Waals surface area contributed by atoms with E-state index < -0.39 is 6.67 Å². The van der Waals surface area contributed by atoms with E-state index >= 15 is 0 Å². The van der Waals surface area contributed by atoms with Gasteiger partial charge in [-0.05, 0) is 18.2 Å². The van der Waals surface area contributed by atoms with Crippen LogP contribution in [0.5, 0.6) is 5.75 Å². The van der Waals surface area contributed by atoms with Crippen molar-refractivity contribution in [3.63, 3.8) is 0 Å². The van der Waals surface area contributed by atoms with Gasteiger partial charge < -0.3 is 14.8 Å². The highest BCUT2D eigenvalue weighted by Gasteiger charge is 2.21. The zero-order valence-electron chi connectivity index (χ0n) is 19.4. The standard InChI is InChI=1S/C24H26FN7O3/c1-30-22(18(15-26-30)16-31-8-11-34-12-9-31)24(33)27-19-5-7-32-21(14-19)28-23(29-32)17-3-2-4-20(13-17)35-10-6-25/h2-5,7,13-15H,6,8-12,16H2,1H3,(H,27,33). The van der Waals surface area contributed by atoms with Crippen molar-refractivity contribution in [1.82, 2.24) is 29.3 Å². The van der Waals surface area contributed by atoms with Crippen molar-refractivity contribution in [2.75, 3.05) is 44.9 Å². The minimum Gasteiger partial charge on any atom is -0.491 e. The lowest BCUT2D eigenvalue weighted by Gasteiger charge is -2.26. The molecule has 0 radical (unpaired) electrons. The normalized spacial score (nSPS) is 14.3. The predicted octanol–water partition coefficient (Wildman–Crippen LogP) is 2.56. The monoisotopic (exact) mass is 479 g/mol. The number of fused-ring (bicyclic) bond motifs is 1. The number of alkyl halides is 1. The molecule has 0 unspecified atom stereocenters. The fraction of sp³-hybridized carbons (Fsp3) is 0.333. The van der Waals surface area contributed by atoms with Crippen LogP contribution in [0.2, 0.25) is 0 Å². The molecular formula is C24H26FN7O3. The van der Waals surface area contributed by atoms with E-state index in [1.165, 1.54) is 0 Å². The Bertz CT molecular complexity index is 1330. The molecule has 4 aromatic rings. The van der Waals surface area contributed by atoms with Crippen molar-refractivity contribution in [2.45, 2.75) is 6.54 Å². The molecule has 1 aliphatic rings. The molecule has 0 saturated carbocycles. The Kier molecular flexibility index (Phi) is 6.68. The maximum absolute atomic E-state index is 13.1. The fourth-order valence-corrected chi connectivity index (χ4v) is 4.04. The third kappa shape index (κ3) is 5.15. The number of hydrogen-bond donors (Lipinski definition) is 1. The van der Waals surface area contributed by atoms with Crippen LogP contribution < -0.4 is 10.1 Å². The maximum atomic E-state index is 13.1. The average molecular weight is 480 g/mol. The van der Waals surface area contributed by atoms with Gasteiger partial charge >= 0.3 is 0 Å². The molecular weight excluding hydrogens is 453 g/mol. The molecule has 1 amide bonds. The smallest absolute Gasteiger partial charge is 0.274 e.